The number of aromatic nitrogens is 6. The number of halogens is 4. The molecule has 0 atom stereocenters. The predicted molar refractivity (Wildman–Crippen MR) is 289 cm³/mol. The van der Waals surface area contributed by atoms with Crippen molar-refractivity contribution in [2.45, 2.75) is 117 Å². The zero-order chi connectivity index (χ0) is 54.5. The van der Waals surface area contributed by atoms with E-state index in [-0.39, 0.29) is 53.1 Å². The van der Waals surface area contributed by atoms with Gasteiger partial charge in [0.25, 0.3) is 0 Å². The molecule has 0 saturated carbocycles. The first-order valence-electron chi connectivity index (χ1n) is 26.5. The molecule has 4 aromatic heterocycles. The van der Waals surface area contributed by atoms with E-state index in [1.807, 2.05) is 88.7 Å². The predicted octanol–water partition coefficient (Wildman–Crippen LogP) is 9.45. The smallest absolute Gasteiger partial charge is 0.407 e. The van der Waals surface area contributed by atoms with Gasteiger partial charge in [-0.05, 0) is 123 Å². The maximum atomic E-state index is 15.0. The van der Waals surface area contributed by atoms with Crippen LogP contribution in [-0.2, 0) is 17.6 Å². The van der Waals surface area contributed by atoms with E-state index in [2.05, 4.69) is 45.0 Å². The Morgan fingerprint density at radius 2 is 1.08 bits per heavy atom. The molecule has 16 nitrogen and oxygen atoms in total. The van der Waals surface area contributed by atoms with Crippen LogP contribution in [0.1, 0.15) is 97.2 Å². The van der Waals surface area contributed by atoms with Gasteiger partial charge in [-0.1, -0.05) is 0 Å². The van der Waals surface area contributed by atoms with Crippen molar-refractivity contribution in [3.8, 4) is 34.0 Å². The topological polar surface area (TPSA) is 173 Å². The van der Waals surface area contributed by atoms with Gasteiger partial charge in [0.15, 0.2) is 34.8 Å². The molecule has 0 aliphatic carbocycles. The number of piperidine rings is 2. The summed E-state index contributed by atoms with van der Waals surface area (Å²) < 4.78 is 76.1. The molecule has 77 heavy (non-hydrogen) atoms. The highest BCUT2D eigenvalue weighted by Gasteiger charge is 2.29. The van der Waals surface area contributed by atoms with Crippen molar-refractivity contribution in [1.29, 1.82) is 0 Å². The number of ether oxygens (including phenoxy) is 3. The molecule has 10 rings (SSSR count). The number of fused-ring (bicyclic) bond motifs is 2. The molecule has 0 bridgehead atoms. The fourth-order valence-corrected chi connectivity index (χ4v) is 9.99. The largest absolute Gasteiger partial charge is 0.486 e. The highest BCUT2D eigenvalue weighted by molar-refractivity contribution is 5.74. The molecule has 6 aromatic rings. The molecular formula is C57H68F4N12O4. The third kappa shape index (κ3) is 13.3. The van der Waals surface area contributed by atoms with Crippen LogP contribution in [0.2, 0.25) is 0 Å². The highest BCUT2D eigenvalue weighted by Crippen LogP contribution is 2.41. The standard InChI is InChI=1S/C31H38F2N6O3.C26H30F2N6O/c1-19(2)39-12-13-41-29-24(32)14-20(15-26(29)39)28-25(33)18-35-27(37-28)16-22-6-7-23(17-34-22)38-10-8-21(9-11-38)36-30(40)42-31(3,4)5;1-16(2)34-9-10-35-26-21(27)11-17(12-23(26)34)25-22(28)15-31-24(32-25)13-19-3-4-20(14-30-19)33-7-5-18(29)6-8-33/h6-7,14-15,17-19,21H,8-13,16H2,1-5H3,(H,36,40);3-4,11-12,14-16,18H,5-10,13,29H2,1-2H3. The Balaban J connectivity index is 0.000000191. The number of anilines is 4. The molecule has 408 valence electrons. The van der Waals surface area contributed by atoms with Gasteiger partial charge in [-0.2, -0.15) is 0 Å². The molecule has 2 aromatic carbocycles. The number of amides is 1. The first-order valence-corrected chi connectivity index (χ1v) is 26.5. The Morgan fingerprint density at radius 3 is 1.48 bits per heavy atom. The molecule has 0 unspecified atom stereocenters. The maximum absolute atomic E-state index is 15.0. The van der Waals surface area contributed by atoms with E-state index in [0.29, 0.717) is 73.3 Å². The number of hydrogen-bond donors (Lipinski definition) is 2. The molecular weight excluding hydrogens is 993 g/mol. The van der Waals surface area contributed by atoms with Crippen LogP contribution in [0.15, 0.2) is 73.3 Å². The van der Waals surface area contributed by atoms with Gasteiger partial charge in [0.05, 0.1) is 73.5 Å². The lowest BCUT2D eigenvalue weighted by atomic mass is 10.0. The van der Waals surface area contributed by atoms with Gasteiger partial charge in [0, 0.05) is 72.9 Å². The van der Waals surface area contributed by atoms with Crippen LogP contribution in [0, 0.1) is 23.3 Å². The van der Waals surface area contributed by atoms with Crippen molar-refractivity contribution in [1.82, 2.24) is 35.2 Å². The third-order valence-corrected chi connectivity index (χ3v) is 14.0. The van der Waals surface area contributed by atoms with Crippen LogP contribution in [0.3, 0.4) is 0 Å². The molecule has 0 spiro atoms. The number of rotatable bonds is 11. The number of benzene rings is 2. The monoisotopic (exact) mass is 1060 g/mol. The Morgan fingerprint density at radius 1 is 0.636 bits per heavy atom. The number of alkyl carbamates (subject to hydrolysis) is 1. The van der Waals surface area contributed by atoms with Crippen molar-refractivity contribution < 1.29 is 36.6 Å². The van der Waals surface area contributed by atoms with Crippen molar-refractivity contribution >= 4 is 28.8 Å². The van der Waals surface area contributed by atoms with E-state index in [1.165, 1.54) is 12.1 Å². The van der Waals surface area contributed by atoms with E-state index < -0.39 is 28.9 Å². The van der Waals surface area contributed by atoms with E-state index in [1.54, 1.807) is 18.3 Å². The third-order valence-electron chi connectivity index (χ3n) is 14.0. The Hall–Kier alpha value is -7.35. The molecule has 4 aliphatic heterocycles. The van der Waals surface area contributed by atoms with Gasteiger partial charge < -0.3 is 44.9 Å². The van der Waals surface area contributed by atoms with E-state index in [4.69, 9.17) is 19.9 Å². The molecule has 2 saturated heterocycles. The Labute approximate surface area is 447 Å². The van der Waals surface area contributed by atoms with Crippen molar-refractivity contribution in [2.75, 3.05) is 72.1 Å². The van der Waals surface area contributed by atoms with Crippen LogP contribution in [-0.4, -0.2) is 118 Å². The SMILES string of the molecule is CC(C)N1CCOc2c(F)cc(-c3nc(Cc4ccc(N5CCC(N)CC5)cn4)ncc3F)cc21.CC(C)N1CCOc2c(F)cc(-c3nc(Cc4ccc(N5CCC(NC(=O)OC(C)(C)C)CC5)cn4)ncc3F)cc21. The van der Waals surface area contributed by atoms with Crippen LogP contribution in [0.4, 0.5) is 45.1 Å². The fraction of sp³-hybridized carbons (Fsp3) is 0.456. The van der Waals surface area contributed by atoms with E-state index in [9.17, 15) is 18.0 Å². The minimum Gasteiger partial charge on any atom is -0.486 e. The zero-order valence-electron chi connectivity index (χ0n) is 44.8. The summed E-state index contributed by atoms with van der Waals surface area (Å²) >= 11 is 0. The average molecular weight is 1060 g/mol. The van der Waals surface area contributed by atoms with Crippen molar-refractivity contribution in [3.05, 3.63) is 120 Å². The number of nitrogens with one attached hydrogen (secondary N) is 1. The van der Waals surface area contributed by atoms with Crippen LogP contribution in [0.25, 0.3) is 22.5 Å². The van der Waals surface area contributed by atoms with Crippen LogP contribution < -0.4 is 40.1 Å². The zero-order valence-corrected chi connectivity index (χ0v) is 44.8. The molecule has 8 heterocycles. The summed E-state index contributed by atoms with van der Waals surface area (Å²) in [4.78, 5) is 47.1. The van der Waals surface area contributed by atoms with Gasteiger partial charge in [0.1, 0.15) is 41.9 Å². The van der Waals surface area contributed by atoms with E-state index in [0.717, 1.165) is 87.0 Å². The minimum absolute atomic E-state index is 0.0375. The average Bonchev–Trinajstić information content (AvgIpc) is 3.40. The summed E-state index contributed by atoms with van der Waals surface area (Å²) in [6, 6.07) is 14.5. The minimum atomic E-state index is -0.626. The first kappa shape index (κ1) is 54.4. The first-order chi connectivity index (χ1) is 36.8. The van der Waals surface area contributed by atoms with Gasteiger partial charge in [-0.15, -0.1) is 0 Å². The normalized spacial score (nSPS) is 16.1. The van der Waals surface area contributed by atoms with Gasteiger partial charge >= 0.3 is 6.09 Å². The number of carbonyl (C=O) groups is 1. The number of pyridine rings is 2. The van der Waals surface area contributed by atoms with Crippen molar-refractivity contribution in [3.63, 3.8) is 0 Å². The van der Waals surface area contributed by atoms with Gasteiger partial charge in [-0.25, -0.2) is 42.3 Å². The number of hydrogen-bond acceptors (Lipinski definition) is 15. The number of nitrogens with two attached hydrogens (primary N) is 1. The summed E-state index contributed by atoms with van der Waals surface area (Å²) in [5, 5.41) is 2.96. The Kier molecular flexibility index (Phi) is 16.6. The molecule has 0 radical (unpaired) electrons. The number of carbonyl (C=O) groups excluding carboxylic acids is 1. The van der Waals surface area contributed by atoms with Crippen LogP contribution >= 0.6 is 0 Å². The highest BCUT2D eigenvalue weighted by atomic mass is 19.1. The lowest BCUT2D eigenvalue weighted by Gasteiger charge is -2.34. The molecule has 2 fully saturated rings. The number of nitrogens with zero attached hydrogens (tertiary/aromatic N) is 10. The molecule has 1 amide bonds. The quantitative estimate of drug-likeness (QED) is 0.117. The summed E-state index contributed by atoms with van der Waals surface area (Å²) in [5.41, 5.74) is 11.0. The summed E-state index contributed by atoms with van der Waals surface area (Å²) in [5.74, 6) is -1.12. The second kappa shape index (κ2) is 23.5. The fourth-order valence-electron chi connectivity index (χ4n) is 9.99. The van der Waals surface area contributed by atoms with Gasteiger partial charge in [-0.3, -0.25) is 9.97 Å². The van der Waals surface area contributed by atoms with Gasteiger partial charge in [0.2, 0.25) is 0 Å². The second-order valence-corrected chi connectivity index (χ2v) is 21.5. The van der Waals surface area contributed by atoms with Crippen molar-refractivity contribution in [2.24, 2.45) is 5.73 Å². The summed E-state index contributed by atoms with van der Waals surface area (Å²) in [6.45, 7) is 19.1. The second-order valence-electron chi connectivity index (χ2n) is 21.5. The van der Waals surface area contributed by atoms with E-state index >= 15 is 4.39 Å². The van der Waals surface area contributed by atoms with Crippen LogP contribution in [0.5, 0.6) is 11.5 Å². The molecule has 20 heteroatoms. The maximum Gasteiger partial charge on any atom is 0.407 e. The molecule has 3 N–H and O–H groups in total. The summed E-state index contributed by atoms with van der Waals surface area (Å²) in [7, 11) is 0. The Bertz CT molecular complexity index is 3020. The summed E-state index contributed by atoms with van der Waals surface area (Å²) in [6.07, 6.45) is 9.70. The molecule has 4 aliphatic rings. The lowest BCUT2D eigenvalue weighted by molar-refractivity contribution is 0.0497. The lowest BCUT2D eigenvalue weighted by Crippen LogP contribution is -2.46.